The molecule has 0 aromatic carbocycles. The number of carbonyl (C=O) groups is 1. The van der Waals surface area contributed by atoms with Crippen LogP contribution in [0, 0.1) is 17.3 Å². The van der Waals surface area contributed by atoms with Crippen LogP contribution in [0.3, 0.4) is 0 Å². The first-order valence-electron chi connectivity index (χ1n) is 5.96. The van der Waals surface area contributed by atoms with Gasteiger partial charge in [-0.1, -0.05) is 26.2 Å². The van der Waals surface area contributed by atoms with Gasteiger partial charge < -0.3 is 5.73 Å². The molecule has 0 spiro atoms. The van der Waals surface area contributed by atoms with Gasteiger partial charge in [0.15, 0.2) is 0 Å². The van der Waals surface area contributed by atoms with Gasteiger partial charge in [-0.3, -0.25) is 4.79 Å². The van der Waals surface area contributed by atoms with Gasteiger partial charge in [0.25, 0.3) is 0 Å². The molecular weight excluding hydrogens is 174 g/mol. The van der Waals surface area contributed by atoms with E-state index in [9.17, 15) is 4.79 Å². The molecule has 1 amide bonds. The molecule has 2 aliphatic rings. The predicted molar refractivity (Wildman–Crippen MR) is 56.6 cm³/mol. The number of rotatable bonds is 2. The Kier molecular flexibility index (Phi) is 2.54. The number of hydrogen-bond donors (Lipinski definition) is 1. The largest absolute Gasteiger partial charge is 0.369 e. The van der Waals surface area contributed by atoms with Crippen molar-refractivity contribution in [1.82, 2.24) is 0 Å². The predicted octanol–water partition coefficient (Wildman–Crippen LogP) is 2.47. The lowest BCUT2D eigenvalue weighted by Crippen LogP contribution is -2.44. The second-order valence-corrected chi connectivity index (χ2v) is 5.31. The van der Waals surface area contributed by atoms with Crippen LogP contribution in [0.2, 0.25) is 0 Å². The highest BCUT2D eigenvalue weighted by Gasteiger charge is 2.44. The highest BCUT2D eigenvalue weighted by atomic mass is 16.1. The van der Waals surface area contributed by atoms with Crippen LogP contribution in [-0.4, -0.2) is 5.91 Å². The minimum absolute atomic E-state index is 0.0448. The van der Waals surface area contributed by atoms with E-state index >= 15 is 0 Å². The van der Waals surface area contributed by atoms with E-state index < -0.39 is 0 Å². The Morgan fingerprint density at radius 3 is 2.36 bits per heavy atom. The topological polar surface area (TPSA) is 43.1 Å². The van der Waals surface area contributed by atoms with Gasteiger partial charge in [0.1, 0.15) is 0 Å². The molecule has 0 aromatic heterocycles. The first kappa shape index (κ1) is 10.0. The van der Waals surface area contributed by atoms with Crippen molar-refractivity contribution < 1.29 is 4.79 Å². The normalized spacial score (nSPS) is 42.1. The van der Waals surface area contributed by atoms with Crippen LogP contribution in [0.1, 0.15) is 51.9 Å². The molecule has 2 N–H and O–H groups in total. The number of fused-ring (bicyclic) bond motifs is 2. The molecule has 2 aliphatic carbocycles. The van der Waals surface area contributed by atoms with E-state index in [1.54, 1.807) is 0 Å². The standard InChI is InChI=1S/C12H21NO/c1-2-12(11(13)14)7-9-4-3-5-10(6-9)8-12/h9-10H,2-8H2,1H3,(H2,13,14). The molecule has 2 bridgehead atoms. The first-order valence-corrected chi connectivity index (χ1v) is 5.96. The van der Waals surface area contributed by atoms with Gasteiger partial charge in [0.05, 0.1) is 0 Å². The fraction of sp³-hybridized carbons (Fsp3) is 0.917. The fourth-order valence-corrected chi connectivity index (χ4v) is 3.63. The zero-order valence-corrected chi connectivity index (χ0v) is 9.09. The molecule has 2 rings (SSSR count). The van der Waals surface area contributed by atoms with Crippen LogP contribution in [0.4, 0.5) is 0 Å². The summed E-state index contributed by atoms with van der Waals surface area (Å²) >= 11 is 0. The van der Waals surface area contributed by atoms with E-state index in [0.717, 1.165) is 31.1 Å². The van der Waals surface area contributed by atoms with Gasteiger partial charge in [-0.15, -0.1) is 0 Å². The first-order chi connectivity index (χ1) is 6.66. The Hall–Kier alpha value is -0.530. The highest BCUT2D eigenvalue weighted by Crippen LogP contribution is 2.50. The van der Waals surface area contributed by atoms with Crippen molar-refractivity contribution in [2.45, 2.75) is 51.9 Å². The van der Waals surface area contributed by atoms with E-state index in [1.165, 1.54) is 25.7 Å². The maximum absolute atomic E-state index is 11.6. The maximum Gasteiger partial charge on any atom is 0.223 e. The molecule has 0 heterocycles. The molecule has 0 aromatic rings. The van der Waals surface area contributed by atoms with Crippen LogP contribution in [-0.2, 0) is 4.79 Å². The van der Waals surface area contributed by atoms with E-state index in [1.807, 2.05) is 0 Å². The van der Waals surface area contributed by atoms with E-state index in [2.05, 4.69) is 6.92 Å². The average molecular weight is 195 g/mol. The second kappa shape index (κ2) is 3.56. The molecule has 2 nitrogen and oxygen atoms in total. The van der Waals surface area contributed by atoms with Gasteiger partial charge in [-0.05, 0) is 37.5 Å². The zero-order chi connectivity index (χ0) is 10.2. The molecule has 14 heavy (non-hydrogen) atoms. The number of carbonyl (C=O) groups excluding carboxylic acids is 1. The van der Waals surface area contributed by atoms with E-state index in [4.69, 9.17) is 5.73 Å². The van der Waals surface area contributed by atoms with Crippen LogP contribution < -0.4 is 5.73 Å². The van der Waals surface area contributed by atoms with Gasteiger partial charge in [-0.25, -0.2) is 0 Å². The Morgan fingerprint density at radius 2 is 1.93 bits per heavy atom. The van der Waals surface area contributed by atoms with E-state index in [-0.39, 0.29) is 11.3 Å². The van der Waals surface area contributed by atoms with E-state index in [0.29, 0.717) is 0 Å². The molecule has 0 radical (unpaired) electrons. The SMILES string of the molecule is CCC1(C(N)=O)CC2CCCC(C2)C1. The molecule has 80 valence electrons. The zero-order valence-electron chi connectivity index (χ0n) is 9.09. The van der Waals surface area contributed by atoms with Crippen LogP contribution >= 0.6 is 0 Å². The van der Waals surface area contributed by atoms with Crippen molar-refractivity contribution in [3.05, 3.63) is 0 Å². The second-order valence-electron chi connectivity index (χ2n) is 5.31. The summed E-state index contributed by atoms with van der Waals surface area (Å²) in [4.78, 5) is 11.6. The summed E-state index contributed by atoms with van der Waals surface area (Å²) in [5, 5.41) is 0. The van der Waals surface area contributed by atoms with Crippen molar-refractivity contribution in [1.29, 1.82) is 0 Å². The summed E-state index contributed by atoms with van der Waals surface area (Å²) in [6, 6.07) is 0. The lowest BCUT2D eigenvalue weighted by atomic mass is 9.59. The molecular formula is C12H21NO. The number of hydrogen-bond acceptors (Lipinski definition) is 1. The smallest absolute Gasteiger partial charge is 0.223 e. The third-order valence-corrected chi connectivity index (χ3v) is 4.45. The van der Waals surface area contributed by atoms with Gasteiger partial charge in [0, 0.05) is 5.41 Å². The molecule has 0 saturated heterocycles. The lowest BCUT2D eigenvalue weighted by Gasteiger charge is -2.45. The summed E-state index contributed by atoms with van der Waals surface area (Å²) < 4.78 is 0. The lowest BCUT2D eigenvalue weighted by molar-refractivity contribution is -0.133. The van der Waals surface area contributed by atoms with Crippen molar-refractivity contribution >= 4 is 5.91 Å². The number of primary amides is 1. The van der Waals surface area contributed by atoms with Crippen molar-refractivity contribution in [3.63, 3.8) is 0 Å². The fourth-order valence-electron chi connectivity index (χ4n) is 3.63. The molecule has 2 saturated carbocycles. The summed E-state index contributed by atoms with van der Waals surface area (Å²) in [7, 11) is 0. The summed E-state index contributed by atoms with van der Waals surface area (Å²) in [6.45, 7) is 2.12. The molecule has 2 atom stereocenters. The van der Waals surface area contributed by atoms with Gasteiger partial charge in [-0.2, -0.15) is 0 Å². The average Bonchev–Trinajstić information content (AvgIpc) is 2.16. The Morgan fingerprint density at radius 1 is 1.36 bits per heavy atom. The molecule has 2 heteroatoms. The van der Waals surface area contributed by atoms with Crippen molar-refractivity contribution in [2.24, 2.45) is 23.0 Å². The minimum atomic E-state index is -0.145. The van der Waals surface area contributed by atoms with Crippen LogP contribution in [0.5, 0.6) is 0 Å². The molecule has 2 fully saturated rings. The number of amides is 1. The maximum atomic E-state index is 11.6. The summed E-state index contributed by atoms with van der Waals surface area (Å²) in [5.74, 6) is 1.53. The van der Waals surface area contributed by atoms with Crippen LogP contribution in [0.15, 0.2) is 0 Å². The summed E-state index contributed by atoms with van der Waals surface area (Å²) in [6.07, 6.45) is 8.44. The van der Waals surface area contributed by atoms with Gasteiger partial charge in [0.2, 0.25) is 5.91 Å². The Bertz CT molecular complexity index is 224. The third kappa shape index (κ3) is 1.55. The quantitative estimate of drug-likeness (QED) is 0.722. The minimum Gasteiger partial charge on any atom is -0.369 e. The third-order valence-electron chi connectivity index (χ3n) is 4.45. The monoisotopic (exact) mass is 195 g/mol. The van der Waals surface area contributed by atoms with Crippen molar-refractivity contribution in [2.75, 3.05) is 0 Å². The Balaban J connectivity index is 2.16. The number of nitrogens with two attached hydrogens (primary N) is 1. The van der Waals surface area contributed by atoms with Crippen molar-refractivity contribution in [3.8, 4) is 0 Å². The molecule has 0 aliphatic heterocycles. The Labute approximate surface area is 86.2 Å². The molecule has 2 unspecified atom stereocenters. The van der Waals surface area contributed by atoms with Gasteiger partial charge >= 0.3 is 0 Å². The van der Waals surface area contributed by atoms with Crippen LogP contribution in [0.25, 0.3) is 0 Å². The summed E-state index contributed by atoms with van der Waals surface area (Å²) in [5.41, 5.74) is 5.43. The highest BCUT2D eigenvalue weighted by molar-refractivity contribution is 5.80.